The molecular weight excluding hydrogens is 268 g/mol. The van der Waals surface area contributed by atoms with Crippen molar-refractivity contribution in [3.8, 4) is 0 Å². The molecule has 0 bridgehead atoms. The van der Waals surface area contributed by atoms with Crippen molar-refractivity contribution in [2.24, 2.45) is 16.7 Å². The molecular formula is C17H30O4. The summed E-state index contributed by atoms with van der Waals surface area (Å²) in [5.41, 5.74) is -0.804. The molecule has 0 saturated carbocycles. The summed E-state index contributed by atoms with van der Waals surface area (Å²) in [6.07, 6.45) is 0.0625. The Hall–Kier alpha value is -1.32. The van der Waals surface area contributed by atoms with Crippen molar-refractivity contribution in [1.82, 2.24) is 0 Å². The van der Waals surface area contributed by atoms with Crippen LogP contribution in [0.2, 0.25) is 0 Å². The third-order valence-corrected chi connectivity index (χ3v) is 3.21. The second-order valence-electron chi connectivity index (χ2n) is 7.47. The van der Waals surface area contributed by atoms with Gasteiger partial charge in [0, 0.05) is 10.8 Å². The number of ketones is 4. The molecule has 0 atom stereocenters. The Kier molecular flexibility index (Phi) is 8.58. The van der Waals surface area contributed by atoms with E-state index >= 15 is 0 Å². The van der Waals surface area contributed by atoms with Crippen molar-refractivity contribution in [2.75, 3.05) is 0 Å². The minimum Gasteiger partial charge on any atom is -0.299 e. The van der Waals surface area contributed by atoms with Crippen LogP contribution in [0.15, 0.2) is 0 Å². The zero-order valence-electron chi connectivity index (χ0n) is 14.9. The number of carbonyl (C=O) groups is 4. The molecule has 0 unspecified atom stereocenters. The molecule has 0 aromatic rings. The van der Waals surface area contributed by atoms with E-state index in [0.717, 1.165) is 0 Å². The maximum absolute atomic E-state index is 11.5. The highest BCUT2D eigenvalue weighted by Gasteiger charge is 2.28. The van der Waals surface area contributed by atoms with Crippen LogP contribution < -0.4 is 0 Å². The van der Waals surface area contributed by atoms with Gasteiger partial charge in [0.15, 0.2) is 0 Å². The normalized spacial score (nSPS) is 11.5. The molecule has 0 fully saturated rings. The van der Waals surface area contributed by atoms with Gasteiger partial charge in [-0.3, -0.25) is 19.2 Å². The van der Waals surface area contributed by atoms with Gasteiger partial charge in [-0.1, -0.05) is 41.5 Å². The van der Waals surface area contributed by atoms with Crippen LogP contribution >= 0.6 is 0 Å². The molecule has 0 aromatic heterocycles. The van der Waals surface area contributed by atoms with Crippen LogP contribution in [0.25, 0.3) is 0 Å². The van der Waals surface area contributed by atoms with Gasteiger partial charge < -0.3 is 0 Å². The number of Topliss-reactive ketones (excluding diaryl/α,β-unsaturated/α-hetero) is 4. The molecule has 0 rings (SSSR count). The average molecular weight is 298 g/mol. The summed E-state index contributed by atoms with van der Waals surface area (Å²) in [6, 6.07) is 0. The summed E-state index contributed by atoms with van der Waals surface area (Å²) < 4.78 is 0. The lowest BCUT2D eigenvalue weighted by molar-refractivity contribution is -0.135. The van der Waals surface area contributed by atoms with Crippen molar-refractivity contribution in [2.45, 2.75) is 68.7 Å². The average Bonchev–Trinajstić information content (AvgIpc) is 2.25. The van der Waals surface area contributed by atoms with Crippen molar-refractivity contribution >= 4 is 23.1 Å². The highest BCUT2D eigenvalue weighted by atomic mass is 16.2. The molecule has 0 aliphatic heterocycles. The Morgan fingerprint density at radius 2 is 0.952 bits per heavy atom. The summed E-state index contributed by atoms with van der Waals surface area (Å²) in [4.78, 5) is 43.7. The predicted molar refractivity (Wildman–Crippen MR) is 84.1 cm³/mol. The minimum absolute atomic E-state index is 0.0208. The van der Waals surface area contributed by atoms with Gasteiger partial charge in [-0.05, 0) is 20.8 Å². The van der Waals surface area contributed by atoms with Gasteiger partial charge in [0.05, 0.1) is 12.3 Å². The molecule has 0 aliphatic carbocycles. The molecule has 0 N–H and O–H groups in total. The monoisotopic (exact) mass is 298 g/mol. The number of hydrogen-bond donors (Lipinski definition) is 0. The van der Waals surface area contributed by atoms with Gasteiger partial charge in [-0.15, -0.1) is 0 Å². The van der Waals surface area contributed by atoms with E-state index in [2.05, 4.69) is 0 Å². The van der Waals surface area contributed by atoms with E-state index in [4.69, 9.17) is 0 Å². The van der Waals surface area contributed by atoms with E-state index in [1.165, 1.54) is 13.8 Å². The van der Waals surface area contributed by atoms with E-state index in [1.54, 1.807) is 6.92 Å². The van der Waals surface area contributed by atoms with Gasteiger partial charge >= 0.3 is 0 Å². The lowest BCUT2D eigenvalue weighted by Gasteiger charge is -2.20. The second kappa shape index (κ2) is 8.20. The van der Waals surface area contributed by atoms with Crippen LogP contribution in [0.3, 0.4) is 0 Å². The summed E-state index contributed by atoms with van der Waals surface area (Å²) in [5, 5.41) is 0. The molecule has 0 saturated heterocycles. The first-order valence-electron chi connectivity index (χ1n) is 7.18. The summed E-state index contributed by atoms with van der Waals surface area (Å²) in [7, 11) is 0. The summed E-state index contributed by atoms with van der Waals surface area (Å²) >= 11 is 0. The van der Waals surface area contributed by atoms with Crippen LogP contribution in [-0.2, 0) is 19.2 Å². The topological polar surface area (TPSA) is 68.3 Å². The van der Waals surface area contributed by atoms with Gasteiger partial charge in [0.25, 0.3) is 0 Å². The number of carbonyl (C=O) groups excluding carboxylic acids is 4. The van der Waals surface area contributed by atoms with Crippen LogP contribution in [0.4, 0.5) is 0 Å². The fourth-order valence-electron chi connectivity index (χ4n) is 0.962. The van der Waals surface area contributed by atoms with Crippen molar-refractivity contribution in [1.29, 1.82) is 0 Å². The molecule has 0 radical (unpaired) electrons. The highest BCUT2D eigenvalue weighted by Crippen LogP contribution is 2.22. The summed E-state index contributed by atoms with van der Waals surface area (Å²) in [6.45, 7) is 15.5. The Balaban J connectivity index is 0. The maximum atomic E-state index is 11.5. The maximum Gasteiger partial charge on any atom is 0.145 e. The van der Waals surface area contributed by atoms with Gasteiger partial charge in [-0.2, -0.15) is 0 Å². The lowest BCUT2D eigenvalue weighted by atomic mass is 9.82. The van der Waals surface area contributed by atoms with E-state index in [9.17, 15) is 19.2 Å². The summed E-state index contributed by atoms with van der Waals surface area (Å²) in [5.74, 6) is -0.482. The molecule has 0 heterocycles. The molecule has 0 aromatic carbocycles. The Morgan fingerprint density at radius 3 is 1.05 bits per heavy atom. The van der Waals surface area contributed by atoms with E-state index in [-0.39, 0.29) is 29.6 Å². The molecule has 0 aliphatic rings. The van der Waals surface area contributed by atoms with E-state index in [0.29, 0.717) is 0 Å². The SMILES string of the molecule is CC(=O)C(C)C(C)=O.CC(C)(C)C(=O)CC(=O)C(C)(C)C. The smallest absolute Gasteiger partial charge is 0.145 e. The molecule has 0 spiro atoms. The molecule has 4 heteroatoms. The fourth-order valence-corrected chi connectivity index (χ4v) is 0.962. The van der Waals surface area contributed by atoms with Crippen LogP contribution in [-0.4, -0.2) is 23.1 Å². The highest BCUT2D eigenvalue weighted by molar-refractivity contribution is 6.03. The largest absolute Gasteiger partial charge is 0.299 e. The zero-order chi connectivity index (χ0) is 17.6. The quantitative estimate of drug-likeness (QED) is 0.746. The third kappa shape index (κ3) is 10.1. The fraction of sp³-hybridized carbons (Fsp3) is 0.765. The van der Waals surface area contributed by atoms with Gasteiger partial charge in [0.1, 0.15) is 23.1 Å². The zero-order valence-corrected chi connectivity index (χ0v) is 14.9. The van der Waals surface area contributed by atoms with Gasteiger partial charge in [0.2, 0.25) is 0 Å². The van der Waals surface area contributed by atoms with Gasteiger partial charge in [-0.25, -0.2) is 0 Å². The Labute approximate surface area is 128 Å². The molecule has 4 nitrogen and oxygen atoms in total. The van der Waals surface area contributed by atoms with Crippen molar-refractivity contribution in [3.63, 3.8) is 0 Å². The lowest BCUT2D eigenvalue weighted by Crippen LogP contribution is -2.28. The van der Waals surface area contributed by atoms with Crippen molar-refractivity contribution in [3.05, 3.63) is 0 Å². The first kappa shape index (κ1) is 22.0. The molecule has 0 amide bonds. The number of rotatable bonds is 4. The first-order valence-corrected chi connectivity index (χ1v) is 7.18. The third-order valence-electron chi connectivity index (χ3n) is 3.21. The Morgan fingerprint density at radius 1 is 0.714 bits per heavy atom. The predicted octanol–water partition coefficient (Wildman–Crippen LogP) is 3.41. The van der Waals surface area contributed by atoms with Crippen LogP contribution in [0.1, 0.15) is 68.7 Å². The standard InChI is InChI=1S/C11H20O2.C6H10O2/c1-10(2,3)8(12)7-9(13)11(4,5)6;1-4(5(2)7)6(3)8/h7H2,1-6H3;4H,1-3H3. The van der Waals surface area contributed by atoms with Crippen LogP contribution in [0, 0.1) is 16.7 Å². The second-order valence-corrected chi connectivity index (χ2v) is 7.47. The first-order chi connectivity index (χ1) is 9.10. The van der Waals surface area contributed by atoms with E-state index in [1.807, 2.05) is 41.5 Å². The minimum atomic E-state index is -0.407. The molecule has 122 valence electrons. The van der Waals surface area contributed by atoms with E-state index < -0.39 is 16.7 Å². The molecule has 21 heavy (non-hydrogen) atoms. The van der Waals surface area contributed by atoms with Crippen molar-refractivity contribution < 1.29 is 19.2 Å². The van der Waals surface area contributed by atoms with Crippen LogP contribution in [0.5, 0.6) is 0 Å². The Bertz CT molecular complexity index is 367. The number of hydrogen-bond acceptors (Lipinski definition) is 4.